The van der Waals surface area contributed by atoms with Crippen LogP contribution in [0.15, 0.2) is 30.5 Å². The van der Waals surface area contributed by atoms with Crippen molar-refractivity contribution in [1.29, 1.82) is 0 Å². The fourth-order valence-electron chi connectivity index (χ4n) is 2.10. The molecule has 0 atom stereocenters. The summed E-state index contributed by atoms with van der Waals surface area (Å²) < 4.78 is 5.98. The molecule has 0 radical (unpaired) electrons. The molecule has 0 amide bonds. The average molecular weight is 286 g/mol. The second-order valence-corrected chi connectivity index (χ2v) is 7.45. The summed E-state index contributed by atoms with van der Waals surface area (Å²) in [6, 6.07) is 8.29. The molecule has 0 spiro atoms. The minimum atomic E-state index is -0.249. The lowest BCUT2D eigenvalue weighted by molar-refractivity contribution is 0.126. The van der Waals surface area contributed by atoms with Gasteiger partial charge in [0.1, 0.15) is 5.60 Å². The van der Waals surface area contributed by atoms with Crippen molar-refractivity contribution in [3.05, 3.63) is 36.0 Å². The van der Waals surface area contributed by atoms with Crippen molar-refractivity contribution < 1.29 is 4.74 Å². The topological polar surface area (TPSA) is 34.2 Å². The summed E-state index contributed by atoms with van der Waals surface area (Å²) in [5.74, 6) is 0.706. The predicted octanol–water partition coefficient (Wildman–Crippen LogP) is 4.30. The molecule has 0 aliphatic heterocycles. The summed E-state index contributed by atoms with van der Waals surface area (Å²) in [5, 5.41) is 5.78. The van der Waals surface area contributed by atoms with Gasteiger partial charge in [0.05, 0.1) is 0 Å². The van der Waals surface area contributed by atoms with E-state index in [-0.39, 0.29) is 11.1 Å². The first-order valence-corrected chi connectivity index (χ1v) is 7.46. The van der Waals surface area contributed by atoms with Crippen molar-refractivity contribution in [2.75, 3.05) is 0 Å². The molecule has 1 N–H and O–H groups in total. The van der Waals surface area contributed by atoms with Crippen LogP contribution in [-0.2, 0) is 6.54 Å². The molecule has 114 valence electrons. The average Bonchev–Trinajstić information content (AvgIpc) is 2.35. The summed E-state index contributed by atoms with van der Waals surface area (Å²) in [5.41, 5.74) is 1.03. The maximum absolute atomic E-state index is 5.98. The quantitative estimate of drug-likeness (QED) is 0.913. The maximum atomic E-state index is 5.98. The van der Waals surface area contributed by atoms with Gasteiger partial charge in [-0.2, -0.15) is 0 Å². The van der Waals surface area contributed by atoms with E-state index in [4.69, 9.17) is 4.74 Å². The number of fused-ring (bicyclic) bond motifs is 1. The molecule has 1 aromatic carbocycles. The molecule has 21 heavy (non-hydrogen) atoms. The van der Waals surface area contributed by atoms with Crippen LogP contribution in [0.2, 0.25) is 0 Å². The highest BCUT2D eigenvalue weighted by Crippen LogP contribution is 2.28. The zero-order valence-corrected chi connectivity index (χ0v) is 13.9. The van der Waals surface area contributed by atoms with E-state index in [0.29, 0.717) is 5.88 Å². The summed E-state index contributed by atoms with van der Waals surface area (Å²) >= 11 is 0. The summed E-state index contributed by atoms with van der Waals surface area (Å²) in [6.07, 6.45) is 1.92. The van der Waals surface area contributed by atoms with E-state index in [9.17, 15) is 0 Å². The third-order valence-electron chi connectivity index (χ3n) is 3.05. The first-order chi connectivity index (χ1) is 9.66. The number of ether oxygens (including phenoxy) is 1. The molecule has 3 nitrogen and oxygen atoms in total. The van der Waals surface area contributed by atoms with Gasteiger partial charge in [-0.25, -0.2) is 4.98 Å². The molecule has 3 heteroatoms. The van der Waals surface area contributed by atoms with E-state index >= 15 is 0 Å². The molecule has 2 rings (SSSR count). The van der Waals surface area contributed by atoms with Crippen LogP contribution in [0, 0.1) is 0 Å². The van der Waals surface area contributed by atoms with Crippen LogP contribution in [0.5, 0.6) is 5.88 Å². The van der Waals surface area contributed by atoms with Gasteiger partial charge in [-0.3, -0.25) is 0 Å². The Morgan fingerprint density at radius 1 is 1.00 bits per heavy atom. The predicted molar refractivity (Wildman–Crippen MR) is 88.7 cm³/mol. The zero-order chi connectivity index (χ0) is 15.7. The van der Waals surface area contributed by atoms with Gasteiger partial charge in [0.15, 0.2) is 0 Å². The van der Waals surface area contributed by atoms with Gasteiger partial charge < -0.3 is 10.1 Å². The number of benzene rings is 1. The molecule has 1 aromatic heterocycles. The van der Waals surface area contributed by atoms with Crippen LogP contribution < -0.4 is 10.1 Å². The molecule has 0 aliphatic carbocycles. The molecule has 2 aromatic rings. The second kappa shape index (κ2) is 5.64. The Hall–Kier alpha value is -1.61. The zero-order valence-electron chi connectivity index (χ0n) is 13.9. The first-order valence-electron chi connectivity index (χ1n) is 7.46. The van der Waals surface area contributed by atoms with Crippen LogP contribution in [0.25, 0.3) is 10.8 Å². The summed E-state index contributed by atoms with van der Waals surface area (Å²) in [6.45, 7) is 13.4. The van der Waals surface area contributed by atoms with Crippen LogP contribution >= 0.6 is 0 Å². The molecule has 0 fully saturated rings. The van der Waals surface area contributed by atoms with Crippen molar-refractivity contribution in [2.24, 2.45) is 0 Å². The fourth-order valence-corrected chi connectivity index (χ4v) is 2.10. The van der Waals surface area contributed by atoms with Gasteiger partial charge >= 0.3 is 0 Å². The van der Waals surface area contributed by atoms with E-state index in [1.807, 2.05) is 33.0 Å². The number of aromatic nitrogens is 1. The number of rotatable bonds is 3. The molecular formula is C18H26N2O. The van der Waals surface area contributed by atoms with E-state index in [1.54, 1.807) is 0 Å². The van der Waals surface area contributed by atoms with Crippen LogP contribution in [0.4, 0.5) is 0 Å². The standard InChI is InChI=1S/C18H26N2O/c1-17(2,3)20-12-13-11-19-16(21-18(4,5)6)15-10-8-7-9-14(13)15/h7-11,20H,12H2,1-6H3. The van der Waals surface area contributed by atoms with Crippen LogP contribution in [0.1, 0.15) is 47.1 Å². The minimum absolute atomic E-state index is 0.0850. The minimum Gasteiger partial charge on any atom is -0.471 e. The molecule has 0 unspecified atom stereocenters. The number of pyridine rings is 1. The van der Waals surface area contributed by atoms with E-state index < -0.39 is 0 Å². The van der Waals surface area contributed by atoms with Gasteiger partial charge in [0.25, 0.3) is 0 Å². The lowest BCUT2D eigenvalue weighted by Crippen LogP contribution is -2.35. The first kappa shape index (κ1) is 15.8. The van der Waals surface area contributed by atoms with Gasteiger partial charge in [-0.15, -0.1) is 0 Å². The van der Waals surface area contributed by atoms with Gasteiger partial charge in [0, 0.05) is 23.7 Å². The molecular weight excluding hydrogens is 260 g/mol. The lowest BCUT2D eigenvalue weighted by Gasteiger charge is -2.23. The summed E-state index contributed by atoms with van der Waals surface area (Å²) in [7, 11) is 0. The molecule has 0 aliphatic rings. The van der Waals surface area contributed by atoms with Crippen molar-refractivity contribution >= 4 is 10.8 Å². The van der Waals surface area contributed by atoms with E-state index in [1.165, 1.54) is 10.9 Å². The Morgan fingerprint density at radius 3 is 2.19 bits per heavy atom. The van der Waals surface area contributed by atoms with Crippen LogP contribution in [-0.4, -0.2) is 16.1 Å². The molecule has 0 saturated carbocycles. The Morgan fingerprint density at radius 2 is 1.62 bits per heavy atom. The fraction of sp³-hybridized carbons (Fsp3) is 0.500. The molecule has 0 saturated heterocycles. The normalized spacial score (nSPS) is 12.7. The number of hydrogen-bond acceptors (Lipinski definition) is 3. The number of hydrogen-bond donors (Lipinski definition) is 1. The van der Waals surface area contributed by atoms with Crippen molar-refractivity contribution in [3.8, 4) is 5.88 Å². The second-order valence-electron chi connectivity index (χ2n) is 7.45. The third-order valence-corrected chi connectivity index (χ3v) is 3.05. The van der Waals surface area contributed by atoms with Crippen molar-refractivity contribution in [2.45, 2.75) is 59.2 Å². The smallest absolute Gasteiger partial charge is 0.221 e. The van der Waals surface area contributed by atoms with Gasteiger partial charge in [-0.1, -0.05) is 18.2 Å². The van der Waals surface area contributed by atoms with E-state index in [0.717, 1.165) is 11.9 Å². The molecule has 0 bridgehead atoms. The highest BCUT2D eigenvalue weighted by molar-refractivity contribution is 5.89. The highest BCUT2D eigenvalue weighted by Gasteiger charge is 2.17. The summed E-state index contributed by atoms with van der Waals surface area (Å²) in [4.78, 5) is 4.53. The highest BCUT2D eigenvalue weighted by atomic mass is 16.5. The Labute approximate surface area is 127 Å². The van der Waals surface area contributed by atoms with Crippen LogP contribution in [0.3, 0.4) is 0 Å². The largest absolute Gasteiger partial charge is 0.471 e. The van der Waals surface area contributed by atoms with Crippen molar-refractivity contribution in [3.63, 3.8) is 0 Å². The Bertz CT molecular complexity index is 621. The Kier molecular flexibility index (Phi) is 4.24. The molecule has 1 heterocycles. The van der Waals surface area contributed by atoms with E-state index in [2.05, 4.69) is 49.3 Å². The maximum Gasteiger partial charge on any atom is 0.221 e. The van der Waals surface area contributed by atoms with Crippen molar-refractivity contribution in [1.82, 2.24) is 10.3 Å². The number of nitrogens with zero attached hydrogens (tertiary/aromatic N) is 1. The monoisotopic (exact) mass is 286 g/mol. The third kappa shape index (κ3) is 4.43. The number of nitrogens with one attached hydrogen (secondary N) is 1. The van der Waals surface area contributed by atoms with Gasteiger partial charge in [0.2, 0.25) is 5.88 Å². The van der Waals surface area contributed by atoms with Gasteiger partial charge in [-0.05, 0) is 58.6 Å². The lowest BCUT2D eigenvalue weighted by atomic mass is 10.0. The SMILES string of the molecule is CC(C)(C)NCc1cnc(OC(C)(C)C)c2ccccc12. The Balaban J connectivity index is 2.40.